The Hall–Kier alpha value is -0.200. The molecule has 0 amide bonds. The third kappa shape index (κ3) is 4.95. The van der Waals surface area contributed by atoms with E-state index < -0.39 is 0 Å². The molecule has 2 fully saturated rings. The first-order valence-electron chi connectivity index (χ1n) is 10.7. The number of hydrogen-bond donors (Lipinski definition) is 2. The topological polar surface area (TPSA) is 39.8 Å². The minimum absolute atomic E-state index is 0.333. The lowest BCUT2D eigenvalue weighted by molar-refractivity contribution is -0.00338. The summed E-state index contributed by atoms with van der Waals surface area (Å²) in [6.45, 7) is 19.9. The van der Waals surface area contributed by atoms with Crippen molar-refractivity contribution in [1.29, 1.82) is 0 Å². The molecule has 0 aromatic rings. The van der Waals surface area contributed by atoms with Crippen LogP contribution in [0.2, 0.25) is 0 Å². The summed E-state index contributed by atoms with van der Waals surface area (Å²) in [4.78, 5) is 5.33. The van der Waals surface area contributed by atoms with Crippen molar-refractivity contribution in [2.75, 3.05) is 65.6 Å². The lowest BCUT2D eigenvalue weighted by atomic mass is 9.88. The average Bonchev–Trinajstić information content (AvgIpc) is 2.68. The number of rotatable bonds is 10. The number of ether oxygens (including phenoxy) is 1. The Morgan fingerprint density at radius 1 is 0.720 bits per heavy atom. The number of piperazine rings is 2. The van der Waals surface area contributed by atoms with Crippen molar-refractivity contribution >= 4 is 0 Å². The van der Waals surface area contributed by atoms with E-state index in [9.17, 15) is 0 Å². The van der Waals surface area contributed by atoms with E-state index in [-0.39, 0.29) is 0 Å². The molecule has 2 N–H and O–H groups in total. The van der Waals surface area contributed by atoms with E-state index in [4.69, 9.17) is 4.74 Å². The summed E-state index contributed by atoms with van der Waals surface area (Å²) in [5.74, 6) is 0. The molecule has 25 heavy (non-hydrogen) atoms. The first kappa shape index (κ1) is 21.1. The second kappa shape index (κ2) is 10.2. The summed E-state index contributed by atoms with van der Waals surface area (Å²) < 4.78 is 6.08. The molecule has 0 aromatic heterocycles. The van der Waals surface area contributed by atoms with E-state index in [2.05, 4.69) is 48.1 Å². The van der Waals surface area contributed by atoms with Crippen LogP contribution < -0.4 is 10.6 Å². The highest BCUT2D eigenvalue weighted by molar-refractivity contribution is 4.95. The zero-order valence-corrected chi connectivity index (χ0v) is 17.2. The second-order valence-corrected chi connectivity index (χ2v) is 7.80. The van der Waals surface area contributed by atoms with Gasteiger partial charge in [0.15, 0.2) is 0 Å². The van der Waals surface area contributed by atoms with E-state index in [1.54, 1.807) is 0 Å². The van der Waals surface area contributed by atoms with E-state index in [0.717, 1.165) is 65.6 Å². The maximum Gasteiger partial charge on any atom is 0.0594 e. The van der Waals surface area contributed by atoms with Crippen molar-refractivity contribution in [1.82, 2.24) is 20.4 Å². The molecule has 2 saturated heterocycles. The van der Waals surface area contributed by atoms with Gasteiger partial charge in [-0.3, -0.25) is 9.80 Å². The molecule has 0 spiro atoms. The number of nitrogens with one attached hydrogen (secondary N) is 2. The molecule has 0 unspecified atom stereocenters. The predicted octanol–water partition coefficient (Wildman–Crippen LogP) is 1.93. The van der Waals surface area contributed by atoms with Gasteiger partial charge >= 0.3 is 0 Å². The zero-order chi connectivity index (χ0) is 18.2. The Morgan fingerprint density at radius 2 is 1.12 bits per heavy atom. The summed E-state index contributed by atoms with van der Waals surface area (Å²) in [7, 11) is 0. The van der Waals surface area contributed by atoms with Crippen LogP contribution in [-0.2, 0) is 4.74 Å². The molecular weight excluding hydrogens is 312 g/mol. The molecule has 2 rings (SSSR count). The molecule has 0 atom stereocenters. The van der Waals surface area contributed by atoms with Crippen LogP contribution in [0, 0.1) is 0 Å². The molecule has 0 aliphatic carbocycles. The fourth-order valence-corrected chi connectivity index (χ4v) is 4.81. The largest absolute Gasteiger partial charge is 0.379 e. The minimum atomic E-state index is 0.333. The SMILES string of the molecule is CCC1(CC)CNCCN1CCOCCN1CCNCC1(CC)CC. The Morgan fingerprint density at radius 3 is 1.48 bits per heavy atom. The van der Waals surface area contributed by atoms with Gasteiger partial charge in [-0.15, -0.1) is 0 Å². The molecular formula is C20H42N4O. The van der Waals surface area contributed by atoms with Crippen LogP contribution in [0.15, 0.2) is 0 Å². The Bertz CT molecular complexity index is 335. The maximum atomic E-state index is 6.08. The Kier molecular flexibility index (Phi) is 8.62. The normalized spacial score (nSPS) is 24.5. The van der Waals surface area contributed by atoms with Gasteiger partial charge in [0.25, 0.3) is 0 Å². The molecule has 0 bridgehead atoms. The monoisotopic (exact) mass is 354 g/mol. The van der Waals surface area contributed by atoms with Gasteiger partial charge in [-0.25, -0.2) is 0 Å². The van der Waals surface area contributed by atoms with Crippen LogP contribution >= 0.6 is 0 Å². The van der Waals surface area contributed by atoms with Gasteiger partial charge in [-0.05, 0) is 25.7 Å². The molecule has 5 nitrogen and oxygen atoms in total. The van der Waals surface area contributed by atoms with Gasteiger partial charge in [0.05, 0.1) is 13.2 Å². The van der Waals surface area contributed by atoms with Gasteiger partial charge in [-0.2, -0.15) is 0 Å². The zero-order valence-electron chi connectivity index (χ0n) is 17.2. The molecule has 2 aliphatic heterocycles. The van der Waals surface area contributed by atoms with Crippen LogP contribution in [0.5, 0.6) is 0 Å². The van der Waals surface area contributed by atoms with Crippen LogP contribution in [0.4, 0.5) is 0 Å². The third-order valence-corrected chi connectivity index (χ3v) is 7.01. The molecule has 2 heterocycles. The molecule has 2 aliphatic rings. The fraction of sp³-hybridized carbons (Fsp3) is 1.00. The second-order valence-electron chi connectivity index (χ2n) is 7.80. The van der Waals surface area contributed by atoms with Crippen LogP contribution in [0.1, 0.15) is 53.4 Å². The highest BCUT2D eigenvalue weighted by Gasteiger charge is 2.36. The van der Waals surface area contributed by atoms with Crippen molar-refractivity contribution < 1.29 is 4.74 Å². The lowest BCUT2D eigenvalue weighted by Crippen LogP contribution is -2.61. The van der Waals surface area contributed by atoms with Crippen molar-refractivity contribution in [2.45, 2.75) is 64.5 Å². The third-order valence-electron chi connectivity index (χ3n) is 7.01. The molecule has 5 heteroatoms. The molecule has 0 aromatic carbocycles. The van der Waals surface area contributed by atoms with Crippen LogP contribution in [0.25, 0.3) is 0 Å². The first-order valence-corrected chi connectivity index (χ1v) is 10.7. The highest BCUT2D eigenvalue weighted by Crippen LogP contribution is 2.26. The Labute approximate surface area is 155 Å². The van der Waals surface area contributed by atoms with Gasteiger partial charge in [0, 0.05) is 63.4 Å². The van der Waals surface area contributed by atoms with Crippen LogP contribution in [0.3, 0.4) is 0 Å². The van der Waals surface area contributed by atoms with E-state index in [0.29, 0.717) is 11.1 Å². The van der Waals surface area contributed by atoms with Crippen molar-refractivity contribution in [2.24, 2.45) is 0 Å². The van der Waals surface area contributed by atoms with Gasteiger partial charge in [-0.1, -0.05) is 27.7 Å². The van der Waals surface area contributed by atoms with Crippen molar-refractivity contribution in [3.63, 3.8) is 0 Å². The van der Waals surface area contributed by atoms with E-state index in [1.807, 2.05) is 0 Å². The van der Waals surface area contributed by atoms with Gasteiger partial charge in [0.2, 0.25) is 0 Å². The lowest BCUT2D eigenvalue weighted by Gasteiger charge is -2.47. The average molecular weight is 355 g/mol. The molecule has 148 valence electrons. The summed E-state index contributed by atoms with van der Waals surface area (Å²) in [5.41, 5.74) is 0.666. The highest BCUT2D eigenvalue weighted by atomic mass is 16.5. The van der Waals surface area contributed by atoms with Gasteiger partial charge < -0.3 is 15.4 Å². The minimum Gasteiger partial charge on any atom is -0.379 e. The van der Waals surface area contributed by atoms with Crippen molar-refractivity contribution in [3.8, 4) is 0 Å². The first-order chi connectivity index (χ1) is 12.2. The van der Waals surface area contributed by atoms with Crippen LogP contribution in [-0.4, -0.2) is 86.4 Å². The standard InChI is InChI=1S/C20H42N4O/c1-5-19(6-2)17-21-9-11-23(19)13-15-25-16-14-24-12-10-22-18-20(24,7-3)8-4/h21-22H,5-18H2,1-4H3. The molecule has 0 saturated carbocycles. The summed E-state index contributed by atoms with van der Waals surface area (Å²) in [5, 5.41) is 7.16. The van der Waals surface area contributed by atoms with Crippen molar-refractivity contribution in [3.05, 3.63) is 0 Å². The van der Waals surface area contributed by atoms with Gasteiger partial charge in [0.1, 0.15) is 0 Å². The maximum absolute atomic E-state index is 6.08. The van der Waals surface area contributed by atoms with E-state index in [1.165, 1.54) is 25.7 Å². The summed E-state index contributed by atoms with van der Waals surface area (Å²) in [6.07, 6.45) is 4.86. The number of nitrogens with zero attached hydrogens (tertiary/aromatic N) is 2. The fourth-order valence-electron chi connectivity index (χ4n) is 4.81. The summed E-state index contributed by atoms with van der Waals surface area (Å²) in [6, 6.07) is 0. The smallest absolute Gasteiger partial charge is 0.0594 e. The molecule has 0 radical (unpaired) electrons. The predicted molar refractivity (Wildman–Crippen MR) is 106 cm³/mol. The number of hydrogen-bond acceptors (Lipinski definition) is 5. The quantitative estimate of drug-likeness (QED) is 0.587. The summed E-state index contributed by atoms with van der Waals surface area (Å²) >= 11 is 0. The van der Waals surface area contributed by atoms with E-state index >= 15 is 0 Å². The Balaban J connectivity index is 1.73.